The Morgan fingerprint density at radius 1 is 1.09 bits per heavy atom. The van der Waals surface area contributed by atoms with Crippen LogP contribution in [0.25, 0.3) is 10.9 Å². The van der Waals surface area contributed by atoms with Gasteiger partial charge in [0.15, 0.2) is 17.6 Å². The Kier molecular flexibility index (Phi) is 6.32. The maximum Gasteiger partial charge on any atom is 0.255 e. The van der Waals surface area contributed by atoms with Crippen LogP contribution in [0.4, 0.5) is 0 Å². The molecule has 33 heavy (non-hydrogen) atoms. The third-order valence-corrected chi connectivity index (χ3v) is 6.42. The molecule has 4 aromatic rings. The normalized spacial score (nSPS) is 15.0. The number of rotatable bonds is 7. The van der Waals surface area contributed by atoms with Gasteiger partial charge >= 0.3 is 0 Å². The molecule has 0 saturated carbocycles. The third kappa shape index (κ3) is 4.74. The van der Waals surface area contributed by atoms with Crippen LogP contribution in [0.1, 0.15) is 11.1 Å². The first kappa shape index (κ1) is 21.6. The first-order valence-corrected chi connectivity index (χ1v) is 12.1. The predicted molar refractivity (Wildman–Crippen MR) is 131 cm³/mol. The average Bonchev–Trinajstić information content (AvgIpc) is 2.86. The van der Waals surface area contributed by atoms with Gasteiger partial charge in [0.1, 0.15) is 6.61 Å². The molecule has 0 amide bonds. The predicted octanol–water partition coefficient (Wildman–Crippen LogP) is 4.25. The van der Waals surface area contributed by atoms with Crippen molar-refractivity contribution in [1.29, 1.82) is 0 Å². The number of pyridine rings is 2. The number of nitrogens with zero attached hydrogens (tertiary/aromatic N) is 2. The van der Waals surface area contributed by atoms with Crippen molar-refractivity contribution in [3.8, 4) is 11.5 Å². The first-order valence-electron chi connectivity index (χ1n) is 10.9. The lowest BCUT2D eigenvalue weighted by Crippen LogP contribution is -2.38. The van der Waals surface area contributed by atoms with E-state index in [1.807, 2.05) is 59.5 Å². The van der Waals surface area contributed by atoms with Crippen LogP contribution in [0.15, 0.2) is 82.7 Å². The highest BCUT2D eigenvalue weighted by Crippen LogP contribution is 2.31. The smallest absolute Gasteiger partial charge is 0.255 e. The van der Waals surface area contributed by atoms with Gasteiger partial charge in [0.2, 0.25) is 0 Å². The first-order chi connectivity index (χ1) is 16.2. The standard InChI is InChI=1S/C26H25N3O3S/c1-33-22-9-8-19-11-20(15-28-14-18-5-4-10-27-13-18)26(30)29(23(19)12-22)16-21-17-31-24-6-2-3-7-25(24)32-21/h2-13,21,28H,14-17H2,1H3/t21-/m0/s1. The van der Waals surface area contributed by atoms with Gasteiger partial charge in [-0.15, -0.1) is 11.8 Å². The molecule has 1 atom stereocenters. The van der Waals surface area contributed by atoms with E-state index in [1.165, 1.54) is 0 Å². The fourth-order valence-electron chi connectivity index (χ4n) is 4.05. The minimum absolute atomic E-state index is 0.0121. The summed E-state index contributed by atoms with van der Waals surface area (Å²) in [6.45, 7) is 1.93. The Bertz CT molecular complexity index is 1320. The van der Waals surface area contributed by atoms with Gasteiger partial charge in [-0.25, -0.2) is 0 Å². The molecule has 0 radical (unpaired) electrons. The van der Waals surface area contributed by atoms with Crippen LogP contribution in [0.2, 0.25) is 0 Å². The van der Waals surface area contributed by atoms with E-state index in [9.17, 15) is 4.79 Å². The number of aromatic nitrogens is 2. The topological polar surface area (TPSA) is 65.4 Å². The van der Waals surface area contributed by atoms with Crippen LogP contribution in [-0.4, -0.2) is 28.5 Å². The summed E-state index contributed by atoms with van der Waals surface area (Å²) < 4.78 is 13.9. The number of thioether (sulfide) groups is 1. The van der Waals surface area contributed by atoms with Gasteiger partial charge in [0.05, 0.1) is 12.1 Å². The van der Waals surface area contributed by atoms with Crippen LogP contribution in [-0.2, 0) is 19.6 Å². The quantitative estimate of drug-likeness (QED) is 0.417. The largest absolute Gasteiger partial charge is 0.486 e. The van der Waals surface area contributed by atoms with Gasteiger partial charge in [0, 0.05) is 35.9 Å². The molecule has 0 aliphatic carbocycles. The van der Waals surface area contributed by atoms with Crippen molar-refractivity contribution in [3.63, 3.8) is 0 Å². The summed E-state index contributed by atoms with van der Waals surface area (Å²) in [6.07, 6.45) is 5.37. The molecule has 6 nitrogen and oxygen atoms in total. The van der Waals surface area contributed by atoms with E-state index in [1.54, 1.807) is 18.0 Å². The molecule has 0 bridgehead atoms. The molecule has 0 unspecified atom stereocenters. The van der Waals surface area contributed by atoms with E-state index < -0.39 is 0 Å². The number of benzene rings is 2. The van der Waals surface area contributed by atoms with Gasteiger partial charge in [-0.2, -0.15) is 0 Å². The molecular weight excluding hydrogens is 434 g/mol. The van der Waals surface area contributed by atoms with E-state index in [4.69, 9.17) is 9.47 Å². The van der Waals surface area contributed by atoms with E-state index in [0.29, 0.717) is 32.0 Å². The zero-order valence-electron chi connectivity index (χ0n) is 18.4. The third-order valence-electron chi connectivity index (χ3n) is 5.70. The summed E-state index contributed by atoms with van der Waals surface area (Å²) in [6, 6.07) is 19.8. The number of hydrogen-bond acceptors (Lipinski definition) is 6. The number of nitrogens with one attached hydrogen (secondary N) is 1. The number of ether oxygens (including phenoxy) is 2. The maximum atomic E-state index is 13.6. The van der Waals surface area contributed by atoms with Gasteiger partial charge in [0.25, 0.3) is 5.56 Å². The Hall–Kier alpha value is -3.29. The molecule has 1 N–H and O–H groups in total. The second-order valence-electron chi connectivity index (χ2n) is 7.97. The highest BCUT2D eigenvalue weighted by atomic mass is 32.2. The Balaban J connectivity index is 1.44. The highest BCUT2D eigenvalue weighted by Gasteiger charge is 2.23. The molecule has 7 heteroatoms. The summed E-state index contributed by atoms with van der Waals surface area (Å²) in [5.74, 6) is 1.45. The van der Waals surface area contributed by atoms with E-state index in [2.05, 4.69) is 28.5 Å². The lowest BCUT2D eigenvalue weighted by Gasteiger charge is -2.27. The average molecular weight is 460 g/mol. The van der Waals surface area contributed by atoms with Gasteiger partial charge in [-0.05, 0) is 53.6 Å². The Morgan fingerprint density at radius 3 is 2.79 bits per heavy atom. The zero-order chi connectivity index (χ0) is 22.6. The lowest BCUT2D eigenvalue weighted by atomic mass is 10.1. The van der Waals surface area contributed by atoms with Crippen LogP contribution >= 0.6 is 11.8 Å². The minimum Gasteiger partial charge on any atom is -0.486 e. The van der Waals surface area contributed by atoms with E-state index >= 15 is 0 Å². The number of fused-ring (bicyclic) bond motifs is 2. The molecule has 2 aromatic carbocycles. The van der Waals surface area contributed by atoms with Gasteiger partial charge < -0.3 is 19.4 Å². The summed E-state index contributed by atoms with van der Waals surface area (Å²) >= 11 is 1.66. The SMILES string of the molecule is CSc1ccc2cc(CNCc3cccnc3)c(=O)n(C[C@H]3COc4ccccc4O3)c2c1. The lowest BCUT2D eigenvalue weighted by molar-refractivity contribution is 0.0787. The summed E-state index contributed by atoms with van der Waals surface area (Å²) in [5.41, 5.74) is 2.70. The molecule has 3 heterocycles. The molecule has 5 rings (SSSR count). The van der Waals surface area contributed by atoms with Crippen molar-refractivity contribution in [2.45, 2.75) is 30.6 Å². The van der Waals surface area contributed by atoms with Gasteiger partial charge in [-0.3, -0.25) is 9.78 Å². The van der Waals surface area contributed by atoms with Crippen LogP contribution < -0.4 is 20.3 Å². The number of hydrogen-bond donors (Lipinski definition) is 1. The van der Waals surface area contributed by atoms with Crippen LogP contribution in [0.5, 0.6) is 11.5 Å². The van der Waals surface area contributed by atoms with Crippen molar-refractivity contribution >= 4 is 22.7 Å². The van der Waals surface area contributed by atoms with Gasteiger partial charge in [-0.1, -0.05) is 24.3 Å². The van der Waals surface area contributed by atoms with Crippen molar-refractivity contribution in [2.75, 3.05) is 12.9 Å². The van der Waals surface area contributed by atoms with Crippen LogP contribution in [0, 0.1) is 0 Å². The fraction of sp³-hybridized carbons (Fsp3) is 0.231. The van der Waals surface area contributed by atoms with Crippen molar-refractivity contribution in [1.82, 2.24) is 14.9 Å². The molecule has 1 aliphatic heterocycles. The molecular formula is C26H25N3O3S. The molecule has 168 valence electrons. The molecule has 0 fully saturated rings. The molecule has 1 aliphatic rings. The van der Waals surface area contributed by atoms with E-state index in [0.717, 1.165) is 32.7 Å². The van der Waals surface area contributed by atoms with E-state index in [-0.39, 0.29) is 11.7 Å². The van der Waals surface area contributed by atoms with Crippen LogP contribution in [0.3, 0.4) is 0 Å². The second kappa shape index (κ2) is 9.68. The highest BCUT2D eigenvalue weighted by molar-refractivity contribution is 7.98. The number of para-hydroxylation sites is 2. The van der Waals surface area contributed by atoms with Crippen molar-refractivity contribution in [3.05, 3.63) is 94.5 Å². The fourth-order valence-corrected chi connectivity index (χ4v) is 4.48. The van der Waals surface area contributed by atoms with Crippen molar-refractivity contribution < 1.29 is 9.47 Å². The van der Waals surface area contributed by atoms with Crippen molar-refractivity contribution in [2.24, 2.45) is 0 Å². The Labute approximate surface area is 196 Å². The minimum atomic E-state index is -0.252. The molecule has 0 spiro atoms. The summed E-state index contributed by atoms with van der Waals surface area (Å²) in [5, 5.41) is 4.41. The molecule has 0 saturated heterocycles. The maximum absolute atomic E-state index is 13.6. The Morgan fingerprint density at radius 2 is 1.97 bits per heavy atom. The summed E-state index contributed by atoms with van der Waals surface area (Å²) in [7, 11) is 0. The molecule has 2 aromatic heterocycles. The summed E-state index contributed by atoms with van der Waals surface area (Å²) in [4.78, 5) is 18.8. The zero-order valence-corrected chi connectivity index (χ0v) is 19.2. The monoisotopic (exact) mass is 459 g/mol. The second-order valence-corrected chi connectivity index (χ2v) is 8.85.